The van der Waals surface area contributed by atoms with E-state index in [4.69, 9.17) is 4.99 Å². The number of hydrogen-bond acceptors (Lipinski definition) is 4. The van der Waals surface area contributed by atoms with Crippen LogP contribution in [-0.4, -0.2) is 33.8 Å². The average molecular weight is 524 g/mol. The largest absolute Gasteiger partial charge is 0.357 e. The molecule has 0 spiro atoms. The molecule has 2 aromatic heterocycles. The Bertz CT molecular complexity index is 875. The van der Waals surface area contributed by atoms with E-state index in [1.807, 2.05) is 23.9 Å². The lowest BCUT2D eigenvalue weighted by Crippen LogP contribution is -2.37. The summed E-state index contributed by atoms with van der Waals surface area (Å²) >= 11 is 1.74. The van der Waals surface area contributed by atoms with Crippen molar-refractivity contribution in [1.82, 2.24) is 25.4 Å². The molecular weight excluding hydrogens is 495 g/mol. The predicted molar refractivity (Wildman–Crippen MR) is 131 cm³/mol. The van der Waals surface area contributed by atoms with E-state index < -0.39 is 0 Å². The fourth-order valence-corrected chi connectivity index (χ4v) is 3.72. The maximum absolute atomic E-state index is 4.77. The van der Waals surface area contributed by atoms with Gasteiger partial charge in [-0.3, -0.25) is 4.68 Å². The van der Waals surface area contributed by atoms with Gasteiger partial charge in [0.15, 0.2) is 5.96 Å². The first-order valence-electron chi connectivity index (χ1n) is 9.72. The molecule has 0 saturated carbocycles. The molecule has 3 aromatic rings. The number of thiazole rings is 1. The van der Waals surface area contributed by atoms with Crippen molar-refractivity contribution in [2.24, 2.45) is 4.99 Å². The molecule has 3 rings (SSSR count). The van der Waals surface area contributed by atoms with E-state index in [0.29, 0.717) is 6.54 Å². The monoisotopic (exact) mass is 524 g/mol. The molecular formula is C21H29IN6S. The second-order valence-electron chi connectivity index (χ2n) is 6.58. The van der Waals surface area contributed by atoms with Crippen LogP contribution in [0.15, 0.2) is 53.1 Å². The van der Waals surface area contributed by atoms with Crippen molar-refractivity contribution in [1.29, 1.82) is 0 Å². The van der Waals surface area contributed by atoms with E-state index in [1.54, 1.807) is 17.5 Å². The summed E-state index contributed by atoms with van der Waals surface area (Å²) in [5, 5.41) is 14.4. The second kappa shape index (κ2) is 12.6. The molecule has 0 atom stereocenters. The number of nitrogens with zero attached hydrogens (tertiary/aromatic N) is 4. The van der Waals surface area contributed by atoms with E-state index in [0.717, 1.165) is 44.1 Å². The number of rotatable bonds is 9. The van der Waals surface area contributed by atoms with Crippen molar-refractivity contribution in [3.05, 3.63) is 69.9 Å². The molecule has 0 aliphatic rings. The van der Waals surface area contributed by atoms with Gasteiger partial charge in [-0.25, -0.2) is 9.98 Å². The molecule has 0 radical (unpaired) electrons. The topological polar surface area (TPSA) is 67.1 Å². The lowest BCUT2D eigenvalue weighted by molar-refractivity contribution is 0.680. The van der Waals surface area contributed by atoms with E-state index in [9.17, 15) is 0 Å². The van der Waals surface area contributed by atoms with Crippen molar-refractivity contribution in [2.75, 3.05) is 13.1 Å². The van der Waals surface area contributed by atoms with Crippen molar-refractivity contribution in [2.45, 2.75) is 39.8 Å². The van der Waals surface area contributed by atoms with Crippen LogP contribution in [0.5, 0.6) is 0 Å². The first-order valence-corrected chi connectivity index (χ1v) is 10.6. The Hall–Kier alpha value is -1.94. The number of aliphatic imine (C=N–C) groups is 1. The molecule has 0 unspecified atom stereocenters. The van der Waals surface area contributed by atoms with Crippen LogP contribution in [0.1, 0.15) is 35.2 Å². The minimum Gasteiger partial charge on any atom is -0.357 e. The summed E-state index contributed by atoms with van der Waals surface area (Å²) in [7, 11) is 0. The zero-order valence-corrected chi connectivity index (χ0v) is 20.1. The molecule has 0 bridgehead atoms. The molecule has 6 nitrogen and oxygen atoms in total. The van der Waals surface area contributed by atoms with Gasteiger partial charge in [0.05, 0.1) is 18.1 Å². The van der Waals surface area contributed by atoms with Gasteiger partial charge >= 0.3 is 0 Å². The smallest absolute Gasteiger partial charge is 0.191 e. The minimum absolute atomic E-state index is 0. The van der Waals surface area contributed by atoms with Gasteiger partial charge in [-0.1, -0.05) is 24.3 Å². The van der Waals surface area contributed by atoms with Gasteiger partial charge in [0.25, 0.3) is 0 Å². The first kappa shape index (κ1) is 23.3. The number of nitrogens with one attached hydrogen (secondary N) is 2. The maximum Gasteiger partial charge on any atom is 0.191 e. The Labute approximate surface area is 193 Å². The van der Waals surface area contributed by atoms with Crippen LogP contribution in [-0.2, 0) is 19.5 Å². The van der Waals surface area contributed by atoms with Crippen LogP contribution < -0.4 is 10.6 Å². The Kier molecular flexibility index (Phi) is 10.1. The molecule has 2 N–H and O–H groups in total. The van der Waals surface area contributed by atoms with Crippen LogP contribution in [0.3, 0.4) is 0 Å². The molecule has 0 fully saturated rings. The van der Waals surface area contributed by atoms with Crippen LogP contribution >= 0.6 is 35.3 Å². The van der Waals surface area contributed by atoms with E-state index in [1.165, 1.54) is 16.1 Å². The summed E-state index contributed by atoms with van der Waals surface area (Å²) in [4.78, 5) is 9.29. The van der Waals surface area contributed by atoms with Crippen molar-refractivity contribution >= 4 is 41.3 Å². The van der Waals surface area contributed by atoms with Gasteiger partial charge in [-0.2, -0.15) is 5.10 Å². The third kappa shape index (κ3) is 7.77. The summed E-state index contributed by atoms with van der Waals surface area (Å²) in [5.74, 6) is 0.853. The standard InChI is InChI=1S/C21H28N6S.HI/c1-3-22-21(23-11-6-10-20-26-17(2)16-28-20)24-14-18-8-4-5-9-19(18)15-27-13-7-12-25-27;/h4-5,7-9,12-13,16H,3,6,10-11,14-15H2,1-2H3,(H2,22,23,24);1H. The molecule has 29 heavy (non-hydrogen) atoms. The molecule has 0 saturated heterocycles. The molecule has 0 aliphatic heterocycles. The normalized spacial score (nSPS) is 11.2. The van der Waals surface area contributed by atoms with Gasteiger partial charge in [-0.05, 0) is 37.5 Å². The average Bonchev–Trinajstić information content (AvgIpc) is 3.36. The lowest BCUT2D eigenvalue weighted by Gasteiger charge is -2.12. The highest BCUT2D eigenvalue weighted by atomic mass is 127. The Morgan fingerprint density at radius 3 is 2.69 bits per heavy atom. The molecule has 0 amide bonds. The van der Waals surface area contributed by atoms with Crippen molar-refractivity contribution < 1.29 is 0 Å². The fourth-order valence-electron chi connectivity index (χ4n) is 2.90. The number of halogens is 1. The first-order chi connectivity index (χ1) is 13.7. The quantitative estimate of drug-likeness (QED) is 0.192. The lowest BCUT2D eigenvalue weighted by atomic mass is 10.1. The predicted octanol–water partition coefficient (Wildman–Crippen LogP) is 4.00. The van der Waals surface area contributed by atoms with Crippen molar-refractivity contribution in [3.8, 4) is 0 Å². The van der Waals surface area contributed by atoms with Crippen LogP contribution in [0, 0.1) is 6.92 Å². The number of hydrogen-bond donors (Lipinski definition) is 2. The van der Waals surface area contributed by atoms with E-state index in [2.05, 4.69) is 57.3 Å². The molecule has 156 valence electrons. The molecule has 1 aromatic carbocycles. The van der Waals surface area contributed by atoms with Crippen molar-refractivity contribution in [3.63, 3.8) is 0 Å². The Morgan fingerprint density at radius 1 is 1.17 bits per heavy atom. The summed E-state index contributed by atoms with van der Waals surface area (Å²) in [6.07, 6.45) is 5.82. The van der Waals surface area contributed by atoms with Gasteiger partial charge in [-0.15, -0.1) is 35.3 Å². The fraction of sp³-hybridized carbons (Fsp3) is 0.381. The van der Waals surface area contributed by atoms with Gasteiger partial charge in [0.2, 0.25) is 0 Å². The van der Waals surface area contributed by atoms with E-state index >= 15 is 0 Å². The second-order valence-corrected chi connectivity index (χ2v) is 7.52. The maximum atomic E-state index is 4.77. The molecule has 8 heteroatoms. The van der Waals surface area contributed by atoms with Gasteiger partial charge in [0.1, 0.15) is 0 Å². The number of guanidine groups is 1. The van der Waals surface area contributed by atoms with E-state index in [-0.39, 0.29) is 24.0 Å². The Morgan fingerprint density at radius 2 is 2.00 bits per heavy atom. The highest BCUT2D eigenvalue weighted by Crippen LogP contribution is 2.12. The summed E-state index contributed by atoms with van der Waals surface area (Å²) < 4.78 is 1.94. The van der Waals surface area contributed by atoms with Gasteiger partial charge in [0, 0.05) is 43.0 Å². The SMILES string of the molecule is CCNC(=NCc1ccccc1Cn1cccn1)NCCCc1nc(C)cs1.I. The van der Waals surface area contributed by atoms with Crippen LogP contribution in [0.2, 0.25) is 0 Å². The molecule has 2 heterocycles. The minimum atomic E-state index is 0. The summed E-state index contributed by atoms with van der Waals surface area (Å²) in [6, 6.07) is 10.4. The third-order valence-electron chi connectivity index (χ3n) is 4.29. The zero-order valence-electron chi connectivity index (χ0n) is 17.0. The van der Waals surface area contributed by atoms with Gasteiger partial charge < -0.3 is 10.6 Å². The number of benzene rings is 1. The highest BCUT2D eigenvalue weighted by molar-refractivity contribution is 14.0. The van der Waals surface area contributed by atoms with Crippen LogP contribution in [0.25, 0.3) is 0 Å². The molecule has 0 aliphatic carbocycles. The van der Waals surface area contributed by atoms with Crippen LogP contribution in [0.4, 0.5) is 0 Å². The highest BCUT2D eigenvalue weighted by Gasteiger charge is 2.04. The Balaban J connectivity index is 0.00000300. The number of aromatic nitrogens is 3. The summed E-state index contributed by atoms with van der Waals surface area (Å²) in [6.45, 7) is 7.24. The summed E-state index contributed by atoms with van der Waals surface area (Å²) in [5.41, 5.74) is 3.56. The zero-order chi connectivity index (χ0) is 19.6. The third-order valence-corrected chi connectivity index (χ3v) is 5.31. The number of aryl methyl sites for hydroxylation is 2.